The topological polar surface area (TPSA) is 49.2 Å². The Labute approximate surface area is 99.3 Å². The van der Waals surface area contributed by atoms with Crippen LogP contribution >= 0.6 is 0 Å². The van der Waals surface area contributed by atoms with E-state index in [1.54, 1.807) is 7.11 Å². The standard InChI is InChI=1S/C12H15N3O2/c1-16-12-8-4-7-11(17-12)15-10-6-3-2-5-9(10)13-14-15/h2-3,5-6,11-12H,4,7-8H2,1H3/t11-,12+/m0/s1. The molecule has 5 nitrogen and oxygen atoms in total. The van der Waals surface area contributed by atoms with Crippen LogP contribution in [0.25, 0.3) is 11.0 Å². The number of ether oxygens (including phenoxy) is 2. The van der Waals surface area contributed by atoms with Crippen LogP contribution in [0, 0.1) is 0 Å². The monoisotopic (exact) mass is 233 g/mol. The van der Waals surface area contributed by atoms with Crippen LogP contribution in [0.1, 0.15) is 25.5 Å². The number of benzene rings is 1. The second kappa shape index (κ2) is 4.43. The summed E-state index contributed by atoms with van der Waals surface area (Å²) in [7, 11) is 1.67. The van der Waals surface area contributed by atoms with Crippen LogP contribution in [0.2, 0.25) is 0 Å². The molecule has 5 heteroatoms. The van der Waals surface area contributed by atoms with Crippen molar-refractivity contribution in [3.05, 3.63) is 24.3 Å². The quantitative estimate of drug-likeness (QED) is 0.797. The molecule has 2 atom stereocenters. The maximum absolute atomic E-state index is 5.83. The van der Waals surface area contributed by atoms with Crippen molar-refractivity contribution in [1.29, 1.82) is 0 Å². The summed E-state index contributed by atoms with van der Waals surface area (Å²) in [4.78, 5) is 0. The maximum atomic E-state index is 5.83. The third-order valence-corrected chi connectivity index (χ3v) is 3.11. The van der Waals surface area contributed by atoms with Crippen LogP contribution < -0.4 is 0 Å². The fourth-order valence-electron chi connectivity index (χ4n) is 2.22. The highest BCUT2D eigenvalue weighted by atomic mass is 16.7. The summed E-state index contributed by atoms with van der Waals surface area (Å²) in [6.45, 7) is 0. The number of rotatable bonds is 2. The van der Waals surface area contributed by atoms with Gasteiger partial charge in [-0.05, 0) is 31.4 Å². The molecule has 0 radical (unpaired) electrons. The number of fused-ring (bicyclic) bond motifs is 1. The molecule has 1 saturated heterocycles. The third-order valence-electron chi connectivity index (χ3n) is 3.11. The average Bonchev–Trinajstić information content (AvgIpc) is 2.82. The fourth-order valence-corrected chi connectivity index (χ4v) is 2.22. The van der Waals surface area contributed by atoms with Gasteiger partial charge in [-0.1, -0.05) is 17.3 Å². The van der Waals surface area contributed by atoms with E-state index in [-0.39, 0.29) is 12.5 Å². The van der Waals surface area contributed by atoms with E-state index >= 15 is 0 Å². The smallest absolute Gasteiger partial charge is 0.159 e. The first-order valence-electron chi connectivity index (χ1n) is 5.86. The molecule has 0 bridgehead atoms. The molecule has 2 aromatic rings. The van der Waals surface area contributed by atoms with E-state index in [4.69, 9.17) is 9.47 Å². The summed E-state index contributed by atoms with van der Waals surface area (Å²) in [5.41, 5.74) is 1.91. The molecule has 90 valence electrons. The summed E-state index contributed by atoms with van der Waals surface area (Å²) in [5, 5.41) is 8.31. The summed E-state index contributed by atoms with van der Waals surface area (Å²) < 4.78 is 12.9. The molecule has 1 fully saturated rings. The van der Waals surface area contributed by atoms with Crippen molar-refractivity contribution < 1.29 is 9.47 Å². The Bertz CT molecular complexity index is 511. The highest BCUT2D eigenvalue weighted by Gasteiger charge is 2.25. The first-order valence-corrected chi connectivity index (χ1v) is 5.86. The molecular formula is C12H15N3O2. The molecule has 0 unspecified atom stereocenters. The van der Waals surface area contributed by atoms with Crippen molar-refractivity contribution >= 4 is 11.0 Å². The Kier molecular flexibility index (Phi) is 2.78. The van der Waals surface area contributed by atoms with E-state index in [1.807, 2.05) is 28.9 Å². The lowest BCUT2D eigenvalue weighted by molar-refractivity contribution is -0.204. The van der Waals surface area contributed by atoms with Crippen LogP contribution in [0.3, 0.4) is 0 Å². The van der Waals surface area contributed by atoms with E-state index in [9.17, 15) is 0 Å². The van der Waals surface area contributed by atoms with Gasteiger partial charge in [-0.3, -0.25) is 0 Å². The first kappa shape index (κ1) is 10.7. The summed E-state index contributed by atoms with van der Waals surface area (Å²) in [6.07, 6.45) is 2.78. The van der Waals surface area contributed by atoms with Gasteiger partial charge in [0.05, 0.1) is 5.52 Å². The Morgan fingerprint density at radius 1 is 1.35 bits per heavy atom. The van der Waals surface area contributed by atoms with E-state index in [0.29, 0.717) is 0 Å². The highest BCUT2D eigenvalue weighted by Crippen LogP contribution is 2.28. The lowest BCUT2D eigenvalue weighted by atomic mass is 10.1. The zero-order valence-corrected chi connectivity index (χ0v) is 9.74. The average molecular weight is 233 g/mol. The number of hydrogen-bond acceptors (Lipinski definition) is 4. The van der Waals surface area contributed by atoms with Gasteiger partial charge in [-0.15, -0.1) is 5.10 Å². The molecule has 1 aliphatic heterocycles. The predicted molar refractivity (Wildman–Crippen MR) is 62.3 cm³/mol. The van der Waals surface area contributed by atoms with Gasteiger partial charge in [-0.25, -0.2) is 4.68 Å². The maximum Gasteiger partial charge on any atom is 0.159 e. The molecule has 1 aromatic carbocycles. The van der Waals surface area contributed by atoms with Crippen LogP contribution in [0.15, 0.2) is 24.3 Å². The van der Waals surface area contributed by atoms with Gasteiger partial charge < -0.3 is 9.47 Å². The fraction of sp³-hybridized carbons (Fsp3) is 0.500. The van der Waals surface area contributed by atoms with Gasteiger partial charge in [0.15, 0.2) is 12.5 Å². The van der Waals surface area contributed by atoms with E-state index in [0.717, 1.165) is 30.3 Å². The van der Waals surface area contributed by atoms with Crippen molar-refractivity contribution in [1.82, 2.24) is 15.0 Å². The van der Waals surface area contributed by atoms with Gasteiger partial charge in [0.25, 0.3) is 0 Å². The molecule has 0 saturated carbocycles. The second-order valence-corrected chi connectivity index (χ2v) is 4.21. The highest BCUT2D eigenvalue weighted by molar-refractivity contribution is 5.73. The van der Waals surface area contributed by atoms with Gasteiger partial charge in [0, 0.05) is 7.11 Å². The molecule has 0 aliphatic carbocycles. The molecule has 3 rings (SSSR count). The molecule has 1 aliphatic rings. The normalized spacial score (nSPS) is 25.2. The Hall–Kier alpha value is -1.46. The van der Waals surface area contributed by atoms with Crippen LogP contribution in [-0.4, -0.2) is 28.4 Å². The Balaban J connectivity index is 1.92. The van der Waals surface area contributed by atoms with Crippen LogP contribution in [0.5, 0.6) is 0 Å². The number of methoxy groups -OCH3 is 1. The summed E-state index contributed by atoms with van der Waals surface area (Å²) >= 11 is 0. The van der Waals surface area contributed by atoms with E-state index in [1.165, 1.54) is 0 Å². The van der Waals surface area contributed by atoms with Crippen molar-refractivity contribution in [2.75, 3.05) is 7.11 Å². The Morgan fingerprint density at radius 2 is 2.24 bits per heavy atom. The molecule has 0 spiro atoms. The molecular weight excluding hydrogens is 218 g/mol. The number of aromatic nitrogens is 3. The van der Waals surface area contributed by atoms with Gasteiger partial charge in [-0.2, -0.15) is 0 Å². The second-order valence-electron chi connectivity index (χ2n) is 4.21. The van der Waals surface area contributed by atoms with E-state index < -0.39 is 0 Å². The van der Waals surface area contributed by atoms with Crippen LogP contribution in [0.4, 0.5) is 0 Å². The minimum absolute atomic E-state index is 0.0684. The largest absolute Gasteiger partial charge is 0.356 e. The minimum atomic E-state index is -0.128. The van der Waals surface area contributed by atoms with Crippen molar-refractivity contribution in [3.8, 4) is 0 Å². The number of para-hydroxylation sites is 1. The third kappa shape index (κ3) is 1.92. The lowest BCUT2D eigenvalue weighted by Gasteiger charge is -2.28. The van der Waals surface area contributed by atoms with Gasteiger partial charge in [0.2, 0.25) is 0 Å². The predicted octanol–water partition coefficient (Wildman–Crippen LogP) is 2.10. The Morgan fingerprint density at radius 3 is 3.12 bits per heavy atom. The molecule has 2 heterocycles. The van der Waals surface area contributed by atoms with E-state index in [2.05, 4.69) is 10.3 Å². The molecule has 1 aromatic heterocycles. The number of hydrogen-bond donors (Lipinski definition) is 0. The molecule has 17 heavy (non-hydrogen) atoms. The lowest BCUT2D eigenvalue weighted by Crippen LogP contribution is -2.27. The zero-order chi connectivity index (χ0) is 11.7. The molecule has 0 amide bonds. The van der Waals surface area contributed by atoms with Gasteiger partial charge >= 0.3 is 0 Å². The van der Waals surface area contributed by atoms with Crippen molar-refractivity contribution in [2.24, 2.45) is 0 Å². The molecule has 0 N–H and O–H groups in total. The van der Waals surface area contributed by atoms with Crippen molar-refractivity contribution in [3.63, 3.8) is 0 Å². The first-order chi connectivity index (χ1) is 8.38. The van der Waals surface area contributed by atoms with Gasteiger partial charge in [0.1, 0.15) is 5.52 Å². The zero-order valence-electron chi connectivity index (χ0n) is 9.74. The van der Waals surface area contributed by atoms with Crippen LogP contribution in [-0.2, 0) is 9.47 Å². The summed E-state index contributed by atoms with van der Waals surface area (Å²) in [5.74, 6) is 0. The SMILES string of the molecule is CO[C@H]1CCC[C@@H](n2nnc3ccccc32)O1. The summed E-state index contributed by atoms with van der Waals surface area (Å²) in [6, 6.07) is 7.91. The minimum Gasteiger partial charge on any atom is -0.356 e. The number of nitrogens with zero attached hydrogens (tertiary/aromatic N) is 3. The van der Waals surface area contributed by atoms with Crippen molar-refractivity contribution in [2.45, 2.75) is 31.8 Å².